The van der Waals surface area contributed by atoms with Gasteiger partial charge in [0.05, 0.1) is 0 Å². The third-order valence-electron chi connectivity index (χ3n) is 0.983. The molecule has 0 unspecified atom stereocenters. The summed E-state index contributed by atoms with van der Waals surface area (Å²) in [6.45, 7) is 6.36. The van der Waals surface area contributed by atoms with E-state index in [0.29, 0.717) is 0 Å². The fourth-order valence-electron chi connectivity index (χ4n) is 0.696. The normalized spacial score (nSPS) is 12.7. The highest BCUT2D eigenvalue weighted by Crippen LogP contribution is 2.26. The van der Waals surface area contributed by atoms with Crippen LogP contribution in [-0.4, -0.2) is 23.5 Å². The molecule has 0 N–H and O–H groups in total. The Hall–Kier alpha value is 0.137. The molecule has 0 aromatic heterocycles. The van der Waals surface area contributed by atoms with Gasteiger partial charge in [0.25, 0.3) is 0 Å². The van der Waals surface area contributed by atoms with Gasteiger partial charge in [0.15, 0.2) is 0 Å². The van der Waals surface area contributed by atoms with Gasteiger partial charge in [-0.1, -0.05) is 20.8 Å². The quantitative estimate of drug-likeness (QED) is 0.552. The minimum Gasteiger partial charge on any atom is -0.396 e. The monoisotopic (exact) mass is 147 g/mol. The van der Waals surface area contributed by atoms with Crippen molar-refractivity contribution in [1.29, 1.82) is 0 Å². The molecule has 0 rings (SSSR count). The van der Waals surface area contributed by atoms with Crippen molar-refractivity contribution >= 4 is 9.28 Å². The first-order valence-electron chi connectivity index (χ1n) is 2.97. The molecule has 0 fully saturated rings. The van der Waals surface area contributed by atoms with Crippen LogP contribution in [-0.2, 0) is 8.85 Å². The van der Waals surface area contributed by atoms with E-state index in [1.54, 1.807) is 14.2 Å². The molecule has 55 valence electrons. The van der Waals surface area contributed by atoms with Crippen LogP contribution < -0.4 is 0 Å². The fraction of sp³-hybridized carbons (Fsp3) is 1.00. The molecular weight excluding hydrogens is 132 g/mol. The summed E-state index contributed by atoms with van der Waals surface area (Å²) < 4.78 is 10.3. The Bertz CT molecular complexity index is 73.6. The lowest BCUT2D eigenvalue weighted by atomic mass is 10.3. The van der Waals surface area contributed by atoms with Crippen LogP contribution in [0.25, 0.3) is 0 Å². The second-order valence-electron chi connectivity index (χ2n) is 2.95. The number of hydrogen-bond donors (Lipinski definition) is 0. The van der Waals surface area contributed by atoms with Crippen LogP contribution in [0.4, 0.5) is 0 Å². The maximum atomic E-state index is 5.14. The van der Waals surface area contributed by atoms with Gasteiger partial charge in [0.1, 0.15) is 0 Å². The van der Waals surface area contributed by atoms with Crippen molar-refractivity contribution in [3.05, 3.63) is 0 Å². The smallest absolute Gasteiger partial charge is 0.390 e. The molecule has 0 aliphatic heterocycles. The Morgan fingerprint density at radius 1 is 1.00 bits per heavy atom. The maximum absolute atomic E-state index is 5.14. The van der Waals surface area contributed by atoms with E-state index in [9.17, 15) is 0 Å². The third kappa shape index (κ3) is 2.98. The van der Waals surface area contributed by atoms with E-state index in [-0.39, 0.29) is 5.04 Å². The van der Waals surface area contributed by atoms with Gasteiger partial charge in [0.2, 0.25) is 0 Å². The lowest BCUT2D eigenvalue weighted by molar-refractivity contribution is 0.251. The zero-order valence-corrected chi connectivity index (χ0v) is 7.82. The lowest BCUT2D eigenvalue weighted by Gasteiger charge is -2.23. The summed E-state index contributed by atoms with van der Waals surface area (Å²) in [4.78, 5) is 0. The lowest BCUT2D eigenvalue weighted by Crippen LogP contribution is -2.30. The molecule has 0 bridgehead atoms. The summed E-state index contributed by atoms with van der Waals surface area (Å²) in [5.41, 5.74) is 0. The van der Waals surface area contributed by atoms with Crippen LogP contribution in [0.2, 0.25) is 5.04 Å². The molecule has 3 heteroatoms. The van der Waals surface area contributed by atoms with Crippen molar-refractivity contribution < 1.29 is 8.85 Å². The van der Waals surface area contributed by atoms with Crippen LogP contribution in [0, 0.1) is 0 Å². The largest absolute Gasteiger partial charge is 0.396 e. The summed E-state index contributed by atoms with van der Waals surface area (Å²) in [5.74, 6) is 0. The van der Waals surface area contributed by atoms with E-state index in [0.717, 1.165) is 0 Å². The van der Waals surface area contributed by atoms with Crippen LogP contribution in [0.15, 0.2) is 0 Å². The first kappa shape index (κ1) is 9.14. The van der Waals surface area contributed by atoms with Crippen molar-refractivity contribution in [1.82, 2.24) is 0 Å². The second kappa shape index (κ2) is 3.34. The molecule has 0 spiro atoms. The Morgan fingerprint density at radius 2 is 1.33 bits per heavy atom. The zero-order valence-electron chi connectivity index (χ0n) is 6.82. The van der Waals surface area contributed by atoms with Gasteiger partial charge in [-0.25, -0.2) is 0 Å². The molecule has 0 aliphatic carbocycles. The predicted molar refractivity (Wildman–Crippen MR) is 39.5 cm³/mol. The first-order valence-corrected chi connectivity index (χ1v) is 4.29. The minimum atomic E-state index is -1.04. The van der Waals surface area contributed by atoms with Crippen LogP contribution in [0.1, 0.15) is 20.8 Å². The van der Waals surface area contributed by atoms with E-state index in [1.807, 2.05) is 0 Å². The van der Waals surface area contributed by atoms with E-state index in [4.69, 9.17) is 8.85 Å². The van der Waals surface area contributed by atoms with E-state index >= 15 is 0 Å². The van der Waals surface area contributed by atoms with Gasteiger partial charge < -0.3 is 8.85 Å². The minimum absolute atomic E-state index is 0.175. The van der Waals surface area contributed by atoms with E-state index < -0.39 is 9.28 Å². The van der Waals surface area contributed by atoms with E-state index in [1.165, 1.54) is 0 Å². The molecule has 0 aliphatic rings. The first-order chi connectivity index (χ1) is 4.02. The molecule has 0 aromatic rings. The molecular formula is C6H15O2Si. The molecule has 0 saturated carbocycles. The average Bonchev–Trinajstić information content (AvgIpc) is 1.65. The van der Waals surface area contributed by atoms with Crippen molar-refractivity contribution in [2.24, 2.45) is 0 Å². The van der Waals surface area contributed by atoms with Gasteiger partial charge in [-0.15, -0.1) is 0 Å². The van der Waals surface area contributed by atoms with E-state index in [2.05, 4.69) is 20.8 Å². The molecule has 2 nitrogen and oxygen atoms in total. The molecule has 9 heavy (non-hydrogen) atoms. The van der Waals surface area contributed by atoms with Crippen molar-refractivity contribution in [3.8, 4) is 0 Å². The second-order valence-corrected chi connectivity index (χ2v) is 5.84. The summed E-state index contributed by atoms with van der Waals surface area (Å²) in [6.07, 6.45) is 0. The standard InChI is InChI=1S/C6H15O2Si/c1-6(2,3)9(7-4)8-5/h1-5H3. The van der Waals surface area contributed by atoms with Gasteiger partial charge in [-0.2, -0.15) is 0 Å². The molecule has 0 aromatic carbocycles. The fourth-order valence-corrected chi connectivity index (χ4v) is 2.09. The third-order valence-corrected chi connectivity index (χ3v) is 2.95. The van der Waals surface area contributed by atoms with Gasteiger partial charge >= 0.3 is 9.28 Å². The predicted octanol–water partition coefficient (Wildman–Crippen LogP) is 1.57. The number of rotatable bonds is 2. The van der Waals surface area contributed by atoms with Crippen LogP contribution in [0.5, 0.6) is 0 Å². The highest BCUT2D eigenvalue weighted by Gasteiger charge is 2.29. The summed E-state index contributed by atoms with van der Waals surface area (Å²) in [5, 5.41) is 0.175. The number of hydrogen-bond acceptors (Lipinski definition) is 2. The Balaban J connectivity index is 3.79. The zero-order chi connectivity index (χ0) is 7.49. The van der Waals surface area contributed by atoms with Crippen molar-refractivity contribution in [3.63, 3.8) is 0 Å². The summed E-state index contributed by atoms with van der Waals surface area (Å²) >= 11 is 0. The van der Waals surface area contributed by atoms with Crippen LogP contribution in [0.3, 0.4) is 0 Å². The van der Waals surface area contributed by atoms with Crippen molar-refractivity contribution in [2.75, 3.05) is 14.2 Å². The Morgan fingerprint density at radius 3 is 1.33 bits per heavy atom. The molecule has 0 heterocycles. The molecule has 0 saturated heterocycles. The van der Waals surface area contributed by atoms with Crippen molar-refractivity contribution in [2.45, 2.75) is 25.8 Å². The van der Waals surface area contributed by atoms with Crippen LogP contribution >= 0.6 is 0 Å². The average molecular weight is 147 g/mol. The SMILES string of the molecule is CO[Si](OC)C(C)(C)C. The van der Waals surface area contributed by atoms with Gasteiger partial charge in [-0.3, -0.25) is 0 Å². The van der Waals surface area contributed by atoms with Gasteiger partial charge in [-0.05, 0) is 0 Å². The van der Waals surface area contributed by atoms with Gasteiger partial charge in [0, 0.05) is 19.3 Å². The Labute approximate surface area is 59.0 Å². The maximum Gasteiger partial charge on any atom is 0.390 e. The molecule has 0 amide bonds. The highest BCUT2D eigenvalue weighted by molar-refractivity contribution is 6.48. The highest BCUT2D eigenvalue weighted by atomic mass is 28.3. The Kier molecular flexibility index (Phi) is 3.39. The summed E-state index contributed by atoms with van der Waals surface area (Å²) in [7, 11) is 2.36. The molecule has 1 radical (unpaired) electrons. The topological polar surface area (TPSA) is 18.5 Å². The molecule has 0 atom stereocenters. The summed E-state index contributed by atoms with van der Waals surface area (Å²) in [6, 6.07) is 0.